The SMILES string of the molecule is COC(=O)C1=COC(OC2OC(C)C(C)C(O)C2O)C2C1C(O)CC2(C)O. The molecular weight excluding hydrogens is 360 g/mol. The zero-order chi connectivity index (χ0) is 20.1. The number of aliphatic hydroxyl groups excluding tert-OH is 3. The minimum absolute atomic E-state index is 0.0179. The quantitative estimate of drug-likeness (QED) is 0.461. The van der Waals surface area contributed by atoms with Crippen LogP contribution in [0.3, 0.4) is 0 Å². The Balaban J connectivity index is 1.86. The van der Waals surface area contributed by atoms with E-state index in [4.69, 9.17) is 18.9 Å². The average molecular weight is 388 g/mol. The lowest BCUT2D eigenvalue weighted by Crippen LogP contribution is -2.56. The smallest absolute Gasteiger partial charge is 0.337 e. The van der Waals surface area contributed by atoms with Crippen LogP contribution in [0, 0.1) is 17.8 Å². The minimum Gasteiger partial charge on any atom is -0.471 e. The molecular formula is C18H28O9. The highest BCUT2D eigenvalue weighted by molar-refractivity contribution is 5.89. The van der Waals surface area contributed by atoms with Gasteiger partial charge < -0.3 is 39.4 Å². The summed E-state index contributed by atoms with van der Waals surface area (Å²) in [6.45, 7) is 5.04. The Hall–Kier alpha value is -1.23. The molecule has 0 bridgehead atoms. The lowest BCUT2D eigenvalue weighted by Gasteiger charge is -2.44. The molecule has 2 aliphatic heterocycles. The van der Waals surface area contributed by atoms with Crippen LogP contribution in [-0.2, 0) is 23.7 Å². The van der Waals surface area contributed by atoms with Crippen LogP contribution in [0.1, 0.15) is 27.2 Å². The molecule has 154 valence electrons. The third-order valence-electron chi connectivity index (χ3n) is 6.07. The summed E-state index contributed by atoms with van der Waals surface area (Å²) >= 11 is 0. The van der Waals surface area contributed by atoms with Gasteiger partial charge in [-0.25, -0.2) is 4.79 Å². The lowest BCUT2D eigenvalue weighted by molar-refractivity contribution is -0.335. The molecule has 0 aromatic carbocycles. The van der Waals surface area contributed by atoms with Crippen molar-refractivity contribution in [1.82, 2.24) is 0 Å². The monoisotopic (exact) mass is 388 g/mol. The van der Waals surface area contributed by atoms with Gasteiger partial charge in [-0.3, -0.25) is 0 Å². The summed E-state index contributed by atoms with van der Waals surface area (Å²) in [5, 5.41) is 41.7. The Kier molecular flexibility index (Phi) is 5.55. The van der Waals surface area contributed by atoms with Crippen molar-refractivity contribution in [3.8, 4) is 0 Å². The van der Waals surface area contributed by atoms with E-state index in [1.54, 1.807) is 13.8 Å². The summed E-state index contributed by atoms with van der Waals surface area (Å²) < 4.78 is 21.7. The molecule has 1 aliphatic carbocycles. The molecule has 0 radical (unpaired) electrons. The summed E-state index contributed by atoms with van der Waals surface area (Å²) in [6, 6.07) is 0. The highest BCUT2D eigenvalue weighted by Crippen LogP contribution is 2.49. The Morgan fingerprint density at radius 3 is 2.52 bits per heavy atom. The van der Waals surface area contributed by atoms with E-state index in [0.29, 0.717) is 0 Å². The lowest BCUT2D eigenvalue weighted by atomic mass is 9.80. The van der Waals surface area contributed by atoms with Gasteiger partial charge in [0.25, 0.3) is 0 Å². The van der Waals surface area contributed by atoms with Crippen LogP contribution in [0.25, 0.3) is 0 Å². The van der Waals surface area contributed by atoms with Gasteiger partial charge in [-0.15, -0.1) is 0 Å². The number of hydrogen-bond donors (Lipinski definition) is 4. The van der Waals surface area contributed by atoms with Crippen LogP contribution in [0.4, 0.5) is 0 Å². The van der Waals surface area contributed by atoms with E-state index in [1.807, 2.05) is 0 Å². The number of carbonyl (C=O) groups excluding carboxylic acids is 1. The molecule has 3 aliphatic rings. The van der Waals surface area contributed by atoms with Crippen LogP contribution >= 0.6 is 0 Å². The highest BCUT2D eigenvalue weighted by Gasteiger charge is 2.59. The summed E-state index contributed by atoms with van der Waals surface area (Å²) in [7, 11) is 1.22. The first kappa shape index (κ1) is 20.5. The molecule has 27 heavy (non-hydrogen) atoms. The molecule has 9 nitrogen and oxygen atoms in total. The van der Waals surface area contributed by atoms with Gasteiger partial charge in [0.2, 0.25) is 6.29 Å². The predicted molar refractivity (Wildman–Crippen MR) is 89.8 cm³/mol. The summed E-state index contributed by atoms with van der Waals surface area (Å²) in [5.41, 5.74) is -1.28. The van der Waals surface area contributed by atoms with Crippen LogP contribution in [0.5, 0.6) is 0 Å². The second-order valence-electron chi connectivity index (χ2n) is 7.94. The maximum absolute atomic E-state index is 12.0. The largest absolute Gasteiger partial charge is 0.471 e. The maximum Gasteiger partial charge on any atom is 0.337 e. The average Bonchev–Trinajstić information content (AvgIpc) is 2.87. The first-order valence-corrected chi connectivity index (χ1v) is 9.09. The van der Waals surface area contributed by atoms with Crippen LogP contribution in [-0.4, -0.2) is 76.1 Å². The van der Waals surface area contributed by atoms with Gasteiger partial charge in [0, 0.05) is 18.3 Å². The second-order valence-corrected chi connectivity index (χ2v) is 7.94. The van der Waals surface area contributed by atoms with Gasteiger partial charge in [-0.05, 0) is 13.8 Å². The molecule has 2 fully saturated rings. The Morgan fingerprint density at radius 2 is 1.89 bits per heavy atom. The number of ether oxygens (including phenoxy) is 4. The van der Waals surface area contributed by atoms with Crippen molar-refractivity contribution in [1.29, 1.82) is 0 Å². The number of fused-ring (bicyclic) bond motifs is 1. The summed E-state index contributed by atoms with van der Waals surface area (Å²) in [6.07, 6.45) is -4.82. The van der Waals surface area contributed by atoms with Crippen molar-refractivity contribution >= 4 is 5.97 Å². The van der Waals surface area contributed by atoms with Gasteiger partial charge in [0.15, 0.2) is 6.29 Å². The van der Waals surface area contributed by atoms with Crippen LogP contribution < -0.4 is 0 Å². The number of carbonyl (C=O) groups is 1. The molecule has 4 N–H and O–H groups in total. The standard InChI is InChI=1S/C18H28O9/c1-7-8(2)26-17(14(21)13(7)20)27-16-12-11(10(19)5-18(12,3)23)9(6-25-16)15(22)24-4/h6-8,10-14,16-17,19-21,23H,5H2,1-4H3. The van der Waals surface area contributed by atoms with E-state index in [0.717, 1.165) is 6.26 Å². The maximum atomic E-state index is 12.0. The fraction of sp³-hybridized carbons (Fsp3) is 0.833. The Labute approximate surface area is 157 Å². The molecule has 9 heteroatoms. The first-order chi connectivity index (χ1) is 12.6. The summed E-state index contributed by atoms with van der Waals surface area (Å²) in [5.74, 6) is -2.50. The van der Waals surface area contributed by atoms with Gasteiger partial charge in [0.1, 0.15) is 6.10 Å². The van der Waals surface area contributed by atoms with E-state index in [-0.39, 0.29) is 24.0 Å². The number of methoxy groups -OCH3 is 1. The molecule has 2 heterocycles. The van der Waals surface area contributed by atoms with Crippen LogP contribution in [0.15, 0.2) is 11.8 Å². The second kappa shape index (κ2) is 7.31. The van der Waals surface area contributed by atoms with E-state index < -0.39 is 54.3 Å². The predicted octanol–water partition coefficient (Wildman–Crippen LogP) is -0.733. The Morgan fingerprint density at radius 1 is 1.22 bits per heavy atom. The fourth-order valence-electron chi connectivity index (χ4n) is 4.31. The molecule has 1 saturated heterocycles. The normalized spacial score (nSPS) is 49.8. The van der Waals surface area contributed by atoms with Gasteiger partial charge >= 0.3 is 5.97 Å². The zero-order valence-corrected chi connectivity index (χ0v) is 15.8. The number of aliphatic hydroxyl groups is 4. The molecule has 0 aromatic rings. The van der Waals surface area contributed by atoms with Gasteiger partial charge in [-0.2, -0.15) is 0 Å². The number of rotatable bonds is 3. The van der Waals surface area contributed by atoms with Crippen molar-refractivity contribution in [2.45, 2.75) is 69.8 Å². The van der Waals surface area contributed by atoms with Crippen LogP contribution in [0.2, 0.25) is 0 Å². The molecule has 3 rings (SSSR count). The molecule has 0 aromatic heterocycles. The van der Waals surface area contributed by atoms with Crippen molar-refractivity contribution in [2.75, 3.05) is 7.11 Å². The molecule has 10 atom stereocenters. The van der Waals surface area contributed by atoms with E-state index in [1.165, 1.54) is 14.0 Å². The van der Waals surface area contributed by atoms with E-state index in [2.05, 4.69) is 0 Å². The number of hydrogen-bond acceptors (Lipinski definition) is 9. The van der Waals surface area contributed by atoms with E-state index in [9.17, 15) is 25.2 Å². The van der Waals surface area contributed by atoms with Crippen molar-refractivity contribution in [3.63, 3.8) is 0 Å². The first-order valence-electron chi connectivity index (χ1n) is 9.09. The highest BCUT2D eigenvalue weighted by atomic mass is 16.8. The molecule has 10 unspecified atom stereocenters. The molecule has 0 spiro atoms. The molecule has 0 amide bonds. The zero-order valence-electron chi connectivity index (χ0n) is 15.8. The third-order valence-corrected chi connectivity index (χ3v) is 6.07. The third kappa shape index (κ3) is 3.48. The van der Waals surface area contributed by atoms with Crippen molar-refractivity contribution < 1.29 is 44.2 Å². The van der Waals surface area contributed by atoms with Gasteiger partial charge in [-0.1, -0.05) is 6.92 Å². The number of esters is 1. The topological polar surface area (TPSA) is 135 Å². The van der Waals surface area contributed by atoms with Gasteiger partial charge in [0.05, 0.1) is 48.8 Å². The fourth-order valence-corrected chi connectivity index (χ4v) is 4.31. The summed E-state index contributed by atoms with van der Waals surface area (Å²) in [4.78, 5) is 12.0. The van der Waals surface area contributed by atoms with Crippen molar-refractivity contribution in [2.24, 2.45) is 17.8 Å². The minimum atomic E-state index is -1.39. The molecule has 1 saturated carbocycles. The Bertz CT molecular complexity index is 604. The van der Waals surface area contributed by atoms with Crippen molar-refractivity contribution in [3.05, 3.63) is 11.8 Å². The van der Waals surface area contributed by atoms with E-state index >= 15 is 0 Å².